The zero-order valence-electron chi connectivity index (χ0n) is 17.5. The van der Waals surface area contributed by atoms with Crippen LogP contribution in [0.3, 0.4) is 0 Å². The van der Waals surface area contributed by atoms with E-state index in [1.54, 1.807) is 0 Å². The summed E-state index contributed by atoms with van der Waals surface area (Å²) in [6, 6.07) is 8.27. The predicted molar refractivity (Wildman–Crippen MR) is 110 cm³/mol. The third-order valence-corrected chi connectivity index (χ3v) is 7.34. The lowest BCUT2D eigenvalue weighted by Crippen LogP contribution is -2.57. The Morgan fingerprint density at radius 2 is 1.46 bits per heavy atom. The molecule has 0 aromatic heterocycles. The summed E-state index contributed by atoms with van der Waals surface area (Å²) in [4.78, 5) is 25.6. The molecule has 2 amide bonds. The summed E-state index contributed by atoms with van der Waals surface area (Å²) in [6.45, 7) is 6.30. The van der Waals surface area contributed by atoms with Crippen molar-refractivity contribution >= 4 is 11.8 Å². The van der Waals surface area contributed by atoms with Crippen molar-refractivity contribution in [2.24, 2.45) is 29.1 Å². The third kappa shape index (κ3) is 3.83. The molecule has 1 aromatic rings. The number of hydrogen-bond acceptors (Lipinski definition) is 2. The third-order valence-electron chi connectivity index (χ3n) is 7.34. The molecule has 5 rings (SSSR count). The summed E-state index contributed by atoms with van der Waals surface area (Å²) in [6.07, 6.45) is 7.99. The molecule has 0 heterocycles. The molecule has 0 saturated heterocycles. The van der Waals surface area contributed by atoms with Gasteiger partial charge in [-0.2, -0.15) is 0 Å². The molecule has 4 nitrogen and oxygen atoms in total. The maximum Gasteiger partial charge on any atom is 0.245 e. The van der Waals surface area contributed by atoms with Crippen LogP contribution in [0.2, 0.25) is 0 Å². The molecule has 4 aliphatic rings. The van der Waals surface area contributed by atoms with Crippen LogP contribution in [-0.2, 0) is 16.0 Å². The van der Waals surface area contributed by atoms with Crippen LogP contribution in [0.1, 0.15) is 76.3 Å². The van der Waals surface area contributed by atoms with Crippen molar-refractivity contribution in [2.45, 2.75) is 71.6 Å². The molecule has 1 unspecified atom stereocenters. The number of hydrazine groups is 1. The first-order valence-corrected chi connectivity index (χ1v) is 11.0. The lowest BCUT2D eigenvalue weighted by Gasteiger charge is -2.55. The fourth-order valence-electron chi connectivity index (χ4n) is 6.31. The lowest BCUT2D eigenvalue weighted by atomic mass is 9.49. The van der Waals surface area contributed by atoms with Gasteiger partial charge in [0.1, 0.15) is 0 Å². The summed E-state index contributed by atoms with van der Waals surface area (Å²) < 4.78 is 0. The van der Waals surface area contributed by atoms with E-state index in [1.807, 2.05) is 19.1 Å². The van der Waals surface area contributed by atoms with Crippen LogP contribution < -0.4 is 10.9 Å². The van der Waals surface area contributed by atoms with E-state index in [2.05, 4.69) is 36.8 Å². The first-order chi connectivity index (χ1) is 13.3. The average Bonchev–Trinajstić information content (AvgIpc) is 2.64. The monoisotopic (exact) mass is 382 g/mol. The molecule has 0 radical (unpaired) electrons. The molecule has 4 aliphatic carbocycles. The second-order valence-corrected chi connectivity index (χ2v) is 10.2. The summed E-state index contributed by atoms with van der Waals surface area (Å²) in [5.74, 6) is 2.38. The van der Waals surface area contributed by atoms with E-state index >= 15 is 0 Å². The molecule has 1 aromatic carbocycles. The number of carbonyl (C=O) groups is 2. The van der Waals surface area contributed by atoms with Crippen molar-refractivity contribution in [2.75, 3.05) is 0 Å². The zero-order chi connectivity index (χ0) is 19.9. The van der Waals surface area contributed by atoms with Gasteiger partial charge in [0.05, 0.1) is 11.3 Å². The van der Waals surface area contributed by atoms with Gasteiger partial charge in [0.15, 0.2) is 0 Å². The van der Waals surface area contributed by atoms with E-state index in [4.69, 9.17) is 0 Å². The molecule has 152 valence electrons. The maximum atomic E-state index is 13.0. The number of amides is 2. The summed E-state index contributed by atoms with van der Waals surface area (Å²) >= 11 is 0. The van der Waals surface area contributed by atoms with Crippen molar-refractivity contribution in [1.29, 1.82) is 0 Å². The molecule has 0 spiro atoms. The van der Waals surface area contributed by atoms with Gasteiger partial charge in [-0.1, -0.05) is 38.1 Å². The molecule has 2 N–H and O–H groups in total. The van der Waals surface area contributed by atoms with Crippen molar-refractivity contribution < 1.29 is 9.59 Å². The SMILES string of the molecule is CC(C)Cc1ccc(C(C)C(=O)NNC(=O)C23CC4CC(CC(C4)C2)C3)cc1. The van der Waals surface area contributed by atoms with Gasteiger partial charge in [0, 0.05) is 0 Å². The first-order valence-electron chi connectivity index (χ1n) is 11.0. The van der Waals surface area contributed by atoms with E-state index in [1.165, 1.54) is 24.8 Å². The fourth-order valence-corrected chi connectivity index (χ4v) is 6.31. The Morgan fingerprint density at radius 3 is 1.96 bits per heavy atom. The van der Waals surface area contributed by atoms with E-state index in [9.17, 15) is 9.59 Å². The normalized spacial score (nSPS) is 31.6. The Balaban J connectivity index is 1.33. The average molecular weight is 383 g/mol. The van der Waals surface area contributed by atoms with Crippen molar-refractivity contribution in [3.63, 3.8) is 0 Å². The Hall–Kier alpha value is -1.84. The highest BCUT2D eigenvalue weighted by molar-refractivity contribution is 5.88. The minimum atomic E-state index is -0.287. The van der Waals surface area contributed by atoms with Crippen molar-refractivity contribution in [3.8, 4) is 0 Å². The Labute approximate surface area is 168 Å². The van der Waals surface area contributed by atoms with E-state index < -0.39 is 0 Å². The topological polar surface area (TPSA) is 58.2 Å². The minimum absolute atomic E-state index is 0.0411. The van der Waals surface area contributed by atoms with Crippen LogP contribution in [0.15, 0.2) is 24.3 Å². The van der Waals surface area contributed by atoms with Crippen molar-refractivity contribution in [1.82, 2.24) is 10.9 Å². The second-order valence-electron chi connectivity index (χ2n) is 10.2. The highest BCUT2D eigenvalue weighted by Crippen LogP contribution is 2.60. The van der Waals surface area contributed by atoms with E-state index in [0.29, 0.717) is 5.92 Å². The van der Waals surface area contributed by atoms with Gasteiger partial charge >= 0.3 is 0 Å². The van der Waals surface area contributed by atoms with Gasteiger partial charge in [-0.05, 0) is 86.7 Å². The molecule has 4 bridgehead atoms. The molecular formula is C24H34N2O2. The maximum absolute atomic E-state index is 13.0. The van der Waals surface area contributed by atoms with Gasteiger partial charge in [-0.25, -0.2) is 0 Å². The first kappa shape index (κ1) is 19.5. The number of benzene rings is 1. The number of nitrogens with one attached hydrogen (secondary N) is 2. The van der Waals surface area contributed by atoms with Crippen LogP contribution in [-0.4, -0.2) is 11.8 Å². The molecule has 28 heavy (non-hydrogen) atoms. The van der Waals surface area contributed by atoms with Gasteiger partial charge < -0.3 is 0 Å². The summed E-state index contributed by atoms with van der Waals surface area (Å²) in [7, 11) is 0. The molecule has 0 aliphatic heterocycles. The van der Waals surface area contributed by atoms with Gasteiger partial charge in [0.2, 0.25) is 11.8 Å². The van der Waals surface area contributed by atoms with Gasteiger partial charge in [-0.3, -0.25) is 20.4 Å². The smallest absolute Gasteiger partial charge is 0.245 e. The molecule has 4 fully saturated rings. The second kappa shape index (κ2) is 7.53. The molecule has 4 saturated carbocycles. The van der Waals surface area contributed by atoms with E-state index in [-0.39, 0.29) is 23.1 Å². The van der Waals surface area contributed by atoms with Crippen LogP contribution in [0.4, 0.5) is 0 Å². The lowest BCUT2D eigenvalue weighted by molar-refractivity contribution is -0.149. The van der Waals surface area contributed by atoms with E-state index in [0.717, 1.165) is 49.0 Å². The van der Waals surface area contributed by atoms with Crippen molar-refractivity contribution in [3.05, 3.63) is 35.4 Å². The Kier molecular flexibility index (Phi) is 5.24. The molecular weight excluding hydrogens is 348 g/mol. The predicted octanol–water partition coefficient (Wildman–Crippen LogP) is 4.35. The largest absolute Gasteiger partial charge is 0.273 e. The summed E-state index contributed by atoms with van der Waals surface area (Å²) in [5, 5.41) is 0. The van der Waals surface area contributed by atoms with Crippen LogP contribution in [0.25, 0.3) is 0 Å². The van der Waals surface area contributed by atoms with Crippen LogP contribution >= 0.6 is 0 Å². The van der Waals surface area contributed by atoms with Crippen LogP contribution in [0.5, 0.6) is 0 Å². The van der Waals surface area contributed by atoms with Gasteiger partial charge in [0.25, 0.3) is 0 Å². The number of hydrogen-bond donors (Lipinski definition) is 2. The highest BCUT2D eigenvalue weighted by Gasteiger charge is 2.54. The van der Waals surface area contributed by atoms with Gasteiger partial charge in [-0.15, -0.1) is 0 Å². The highest BCUT2D eigenvalue weighted by atomic mass is 16.2. The number of carbonyl (C=O) groups excluding carboxylic acids is 2. The number of rotatable bonds is 5. The Bertz CT molecular complexity index is 702. The Morgan fingerprint density at radius 1 is 0.929 bits per heavy atom. The molecule has 1 atom stereocenters. The van der Waals surface area contributed by atoms with Crippen LogP contribution in [0, 0.1) is 29.1 Å². The molecule has 4 heteroatoms. The zero-order valence-corrected chi connectivity index (χ0v) is 17.5. The minimum Gasteiger partial charge on any atom is -0.273 e. The summed E-state index contributed by atoms with van der Waals surface area (Å²) in [5.41, 5.74) is 7.54. The fraction of sp³-hybridized carbons (Fsp3) is 0.667. The quantitative estimate of drug-likeness (QED) is 0.744. The standard InChI is InChI=1S/C24H34N2O2/c1-15(2)8-17-4-6-21(7-5-17)16(3)22(27)25-26-23(28)24-12-18-9-19(13-24)11-20(10-18)14-24/h4-7,15-16,18-20H,8-14H2,1-3H3,(H,25,27)(H,26,28).